The number of non-ortho nitro benzene ring substituents is 1. The Labute approximate surface area is 200 Å². The minimum absolute atomic E-state index is 0.0576. The molecule has 1 N–H and O–H groups in total. The molecule has 1 fully saturated rings. The molecule has 0 saturated heterocycles. The molecule has 0 spiro atoms. The van der Waals surface area contributed by atoms with E-state index >= 15 is 0 Å². The lowest BCUT2D eigenvalue weighted by Gasteiger charge is -2.28. The fraction of sp³-hybridized carbons (Fsp3) is 0.455. The van der Waals surface area contributed by atoms with Gasteiger partial charge in [0.05, 0.1) is 24.8 Å². The number of thioether (sulfide) groups is 1. The number of carbonyl (C=O) groups excluding carboxylic acids is 3. The topological polar surface area (TPSA) is 137 Å². The molecule has 4 amide bonds. The number of imide groups is 1. The number of nitro benzene ring substituents is 1. The van der Waals surface area contributed by atoms with E-state index in [1.807, 2.05) is 0 Å². The van der Waals surface area contributed by atoms with Crippen LogP contribution in [-0.4, -0.2) is 68.8 Å². The van der Waals surface area contributed by atoms with Crippen molar-refractivity contribution in [1.82, 2.24) is 4.90 Å². The van der Waals surface area contributed by atoms with Crippen molar-refractivity contribution < 1.29 is 23.9 Å². The van der Waals surface area contributed by atoms with Crippen LogP contribution < -0.4 is 5.32 Å². The van der Waals surface area contributed by atoms with Crippen LogP contribution in [0.15, 0.2) is 34.3 Å². The molecule has 12 heteroatoms. The van der Waals surface area contributed by atoms with Crippen molar-refractivity contribution in [3.8, 4) is 0 Å². The van der Waals surface area contributed by atoms with Crippen LogP contribution in [0.5, 0.6) is 0 Å². The number of fused-ring (bicyclic) bond motifs is 1. The Morgan fingerprint density at radius 2 is 2.00 bits per heavy atom. The molecule has 0 radical (unpaired) electrons. The number of hydrogen-bond donors (Lipinski definition) is 1. The summed E-state index contributed by atoms with van der Waals surface area (Å²) in [7, 11) is 2.99. The Morgan fingerprint density at radius 3 is 2.71 bits per heavy atom. The molecular formula is C22H25N6O5S+. The number of amidine groups is 2. The molecule has 2 heterocycles. The molecule has 0 bridgehead atoms. The van der Waals surface area contributed by atoms with Crippen LogP contribution in [0.2, 0.25) is 0 Å². The lowest BCUT2D eigenvalue weighted by Crippen LogP contribution is -2.55. The highest BCUT2D eigenvalue weighted by Gasteiger charge is 2.49. The zero-order valence-corrected chi connectivity index (χ0v) is 19.7. The Kier molecular flexibility index (Phi) is 6.87. The van der Waals surface area contributed by atoms with Crippen molar-refractivity contribution in [3.05, 3.63) is 34.4 Å². The molecule has 178 valence electrons. The van der Waals surface area contributed by atoms with E-state index < -0.39 is 28.7 Å². The van der Waals surface area contributed by atoms with E-state index in [9.17, 15) is 24.5 Å². The standard InChI is InChI=1S/C22H24N6O5S/c1-26-19-17(21(30)27(2)22(26)31)20(25-18(24-19)13-7-4-3-5-8-13)34-12-16(29)23-14-9-6-10-15(11-14)28(32)33/h6,9-11,13,17H,3-5,7-8,12H2,1-2H3/p+1. The third-order valence-electron chi connectivity index (χ3n) is 6.12. The van der Waals surface area contributed by atoms with Gasteiger partial charge in [0.15, 0.2) is 5.92 Å². The molecule has 1 aromatic rings. The molecule has 34 heavy (non-hydrogen) atoms. The maximum atomic E-state index is 13.0. The molecule has 1 aromatic carbocycles. The summed E-state index contributed by atoms with van der Waals surface area (Å²) in [5.41, 5.74) is 0.180. The van der Waals surface area contributed by atoms with Crippen LogP contribution in [0.1, 0.15) is 32.1 Å². The maximum Gasteiger partial charge on any atom is 0.445 e. The van der Waals surface area contributed by atoms with Crippen LogP contribution in [0, 0.1) is 22.0 Å². The maximum absolute atomic E-state index is 13.0. The minimum Gasteiger partial charge on any atom is -0.325 e. The van der Waals surface area contributed by atoms with Crippen LogP contribution in [0.3, 0.4) is 0 Å². The van der Waals surface area contributed by atoms with Gasteiger partial charge in [-0.1, -0.05) is 42.1 Å². The number of rotatable bonds is 5. The summed E-state index contributed by atoms with van der Waals surface area (Å²) in [5.74, 6) is -0.648. The zero-order chi connectivity index (χ0) is 24.4. The average Bonchev–Trinajstić information content (AvgIpc) is 2.85. The van der Waals surface area contributed by atoms with Crippen LogP contribution in [0.25, 0.3) is 0 Å². The third-order valence-corrected chi connectivity index (χ3v) is 7.15. The second-order valence-corrected chi connectivity index (χ2v) is 9.42. The number of aliphatic imine (C=N–C) groups is 2. The van der Waals surface area contributed by atoms with Gasteiger partial charge in [-0.3, -0.25) is 19.7 Å². The summed E-state index contributed by atoms with van der Waals surface area (Å²) in [6.07, 6.45) is 5.19. The average molecular weight is 486 g/mol. The number of amides is 4. The van der Waals surface area contributed by atoms with Gasteiger partial charge in [-0.2, -0.15) is 9.48 Å². The summed E-state index contributed by atoms with van der Waals surface area (Å²) < 4.78 is 1.37. The van der Waals surface area contributed by atoms with Gasteiger partial charge in [0, 0.05) is 23.7 Å². The molecule has 2 aliphatic heterocycles. The molecule has 0 aromatic heterocycles. The number of anilines is 1. The largest absolute Gasteiger partial charge is 0.445 e. The second kappa shape index (κ2) is 9.84. The predicted molar refractivity (Wildman–Crippen MR) is 128 cm³/mol. The number of nitro groups is 1. The number of nitrogens with zero attached hydrogens (tertiary/aromatic N) is 5. The Morgan fingerprint density at radius 1 is 1.26 bits per heavy atom. The number of hydrogen-bond acceptors (Lipinski definition) is 8. The highest BCUT2D eigenvalue weighted by molar-refractivity contribution is 8.14. The van der Waals surface area contributed by atoms with Gasteiger partial charge in [-0.05, 0) is 18.9 Å². The smallest absolute Gasteiger partial charge is 0.325 e. The highest BCUT2D eigenvalue weighted by atomic mass is 32.2. The molecular weight excluding hydrogens is 460 g/mol. The molecule has 11 nitrogen and oxygen atoms in total. The van der Waals surface area contributed by atoms with E-state index in [1.165, 1.54) is 29.8 Å². The number of carbonyl (C=O) groups is 3. The first kappa shape index (κ1) is 23.7. The first-order chi connectivity index (χ1) is 16.3. The van der Waals surface area contributed by atoms with Crippen LogP contribution in [0.4, 0.5) is 16.2 Å². The lowest BCUT2D eigenvalue weighted by molar-refractivity contribution is -0.407. The molecule has 1 aliphatic carbocycles. The fourth-order valence-electron chi connectivity index (χ4n) is 4.28. The summed E-state index contributed by atoms with van der Waals surface area (Å²) in [5, 5.41) is 14.0. The summed E-state index contributed by atoms with van der Waals surface area (Å²) in [6.45, 7) is 0. The van der Waals surface area contributed by atoms with E-state index in [0.717, 1.165) is 48.8 Å². The van der Waals surface area contributed by atoms with E-state index in [2.05, 4.69) is 10.3 Å². The first-order valence-electron chi connectivity index (χ1n) is 11.0. The van der Waals surface area contributed by atoms with Gasteiger partial charge >= 0.3 is 11.9 Å². The summed E-state index contributed by atoms with van der Waals surface area (Å²) >= 11 is 1.11. The first-order valence-corrected chi connectivity index (χ1v) is 12.0. The number of benzene rings is 1. The van der Waals surface area contributed by atoms with Gasteiger partial charge < -0.3 is 5.32 Å². The third kappa shape index (κ3) is 4.76. The Hall–Kier alpha value is -3.41. The van der Waals surface area contributed by atoms with Crippen molar-refractivity contribution in [2.45, 2.75) is 32.1 Å². The SMILES string of the molecule is CN1C(=O)C2C(SCC(=O)Nc3cccc([N+](=O)[O-])c3)=NC(C3CCCCC3)=NC2=[N+](C)C1=O. The molecule has 1 unspecified atom stereocenters. The lowest BCUT2D eigenvalue weighted by atomic mass is 9.88. The Balaban J connectivity index is 1.56. The number of urea groups is 1. The monoisotopic (exact) mass is 485 g/mol. The van der Waals surface area contributed by atoms with Crippen molar-refractivity contribution >= 4 is 57.7 Å². The summed E-state index contributed by atoms with van der Waals surface area (Å²) in [4.78, 5) is 58.9. The molecule has 3 aliphatic rings. The van der Waals surface area contributed by atoms with Crippen LogP contribution >= 0.6 is 11.8 Å². The van der Waals surface area contributed by atoms with Gasteiger partial charge in [-0.15, -0.1) is 0 Å². The summed E-state index contributed by atoms with van der Waals surface area (Å²) in [6, 6.07) is 5.21. The minimum atomic E-state index is -0.851. The normalized spacial score (nSPS) is 21.1. The van der Waals surface area contributed by atoms with Gasteiger partial charge in [0.2, 0.25) is 11.7 Å². The van der Waals surface area contributed by atoms with Crippen molar-refractivity contribution in [3.63, 3.8) is 0 Å². The molecule has 1 atom stereocenters. The van der Waals surface area contributed by atoms with E-state index in [1.54, 1.807) is 13.1 Å². The van der Waals surface area contributed by atoms with E-state index in [0.29, 0.717) is 22.4 Å². The zero-order valence-electron chi connectivity index (χ0n) is 18.9. The molecule has 1 saturated carbocycles. The van der Waals surface area contributed by atoms with E-state index in [-0.39, 0.29) is 17.4 Å². The fourth-order valence-corrected chi connectivity index (χ4v) is 5.17. The van der Waals surface area contributed by atoms with Gasteiger partial charge in [0.25, 0.3) is 11.5 Å². The second-order valence-electron chi connectivity index (χ2n) is 8.43. The van der Waals surface area contributed by atoms with Gasteiger partial charge in [0.1, 0.15) is 5.04 Å². The predicted octanol–water partition coefficient (Wildman–Crippen LogP) is 2.91. The molecule has 4 rings (SSSR count). The Bertz CT molecular complexity index is 1150. The van der Waals surface area contributed by atoms with E-state index in [4.69, 9.17) is 4.99 Å². The number of nitrogens with one attached hydrogen (secondary N) is 1. The quantitative estimate of drug-likeness (QED) is 0.387. The van der Waals surface area contributed by atoms with Crippen LogP contribution in [-0.2, 0) is 9.59 Å². The highest BCUT2D eigenvalue weighted by Crippen LogP contribution is 2.31. The van der Waals surface area contributed by atoms with Gasteiger partial charge in [-0.25, -0.2) is 9.79 Å². The van der Waals surface area contributed by atoms with Crippen molar-refractivity contribution in [1.29, 1.82) is 0 Å². The van der Waals surface area contributed by atoms with Crippen molar-refractivity contribution in [2.75, 3.05) is 25.2 Å². The van der Waals surface area contributed by atoms with Crippen molar-refractivity contribution in [2.24, 2.45) is 21.8 Å².